The van der Waals surface area contributed by atoms with Crippen LogP contribution in [0.4, 0.5) is 5.82 Å². The molecule has 0 spiro atoms. The van der Waals surface area contributed by atoms with Crippen molar-refractivity contribution in [2.75, 3.05) is 11.4 Å². The predicted molar refractivity (Wildman–Crippen MR) is 89.8 cm³/mol. The van der Waals surface area contributed by atoms with Gasteiger partial charge in [-0.1, -0.05) is 31.4 Å². The third kappa shape index (κ3) is 2.16. The molecular formula is C17H17N5. The van der Waals surface area contributed by atoms with Gasteiger partial charge < -0.3 is 4.90 Å². The van der Waals surface area contributed by atoms with E-state index in [4.69, 9.17) is 0 Å². The van der Waals surface area contributed by atoms with Crippen molar-refractivity contribution in [1.82, 2.24) is 19.6 Å². The number of para-hydroxylation sites is 1. The minimum Gasteiger partial charge on any atom is -0.326 e. The van der Waals surface area contributed by atoms with Gasteiger partial charge in [0.1, 0.15) is 12.1 Å². The minimum atomic E-state index is 0.578. The van der Waals surface area contributed by atoms with Crippen LogP contribution in [-0.4, -0.2) is 26.1 Å². The maximum atomic E-state index is 4.68. The molecule has 0 aliphatic heterocycles. The van der Waals surface area contributed by atoms with Gasteiger partial charge in [-0.25, -0.2) is 0 Å². The van der Waals surface area contributed by atoms with E-state index in [2.05, 4.69) is 40.2 Å². The van der Waals surface area contributed by atoms with E-state index in [9.17, 15) is 0 Å². The Balaban J connectivity index is 2.33. The van der Waals surface area contributed by atoms with Gasteiger partial charge in [-0.15, -0.1) is 10.2 Å². The van der Waals surface area contributed by atoms with Crippen LogP contribution in [0.25, 0.3) is 16.7 Å². The van der Waals surface area contributed by atoms with Crippen molar-refractivity contribution in [3.63, 3.8) is 0 Å². The summed E-state index contributed by atoms with van der Waals surface area (Å²) in [6, 6.07) is 8.09. The topological polar surface area (TPSA) is 46.3 Å². The van der Waals surface area contributed by atoms with Crippen LogP contribution in [0.5, 0.6) is 0 Å². The molecule has 5 nitrogen and oxygen atoms in total. The fraction of sp³-hybridized carbons (Fsp3) is 0.118. The molecule has 0 bridgehead atoms. The second-order valence-electron chi connectivity index (χ2n) is 4.73. The van der Waals surface area contributed by atoms with Crippen molar-refractivity contribution in [2.45, 2.75) is 6.92 Å². The van der Waals surface area contributed by atoms with Gasteiger partial charge in [0.2, 0.25) is 0 Å². The Morgan fingerprint density at radius 3 is 2.86 bits per heavy atom. The summed E-state index contributed by atoms with van der Waals surface area (Å²) in [5.41, 5.74) is 1.96. The lowest BCUT2D eigenvalue weighted by Gasteiger charge is -2.24. The van der Waals surface area contributed by atoms with Crippen molar-refractivity contribution in [3.05, 3.63) is 67.7 Å². The summed E-state index contributed by atoms with van der Waals surface area (Å²) in [5.74, 6) is 1.42. The molecule has 2 aromatic heterocycles. The highest BCUT2D eigenvalue weighted by atomic mass is 15.3. The Bertz CT molecular complexity index is 875. The van der Waals surface area contributed by atoms with Crippen LogP contribution in [0.2, 0.25) is 0 Å². The quantitative estimate of drug-likeness (QED) is 0.676. The molecule has 0 radical (unpaired) electrons. The largest absolute Gasteiger partial charge is 0.326 e. The van der Waals surface area contributed by atoms with Crippen LogP contribution < -0.4 is 4.90 Å². The second kappa shape index (κ2) is 5.81. The molecule has 110 valence electrons. The molecule has 0 aliphatic carbocycles. The summed E-state index contributed by atoms with van der Waals surface area (Å²) >= 11 is 0. The van der Waals surface area contributed by atoms with Crippen LogP contribution in [0.15, 0.2) is 67.7 Å². The zero-order valence-corrected chi connectivity index (χ0v) is 12.5. The van der Waals surface area contributed by atoms with E-state index in [1.165, 1.54) is 0 Å². The molecule has 0 amide bonds. The number of hydrogen-bond acceptors (Lipinski definition) is 4. The molecule has 0 aliphatic rings. The van der Waals surface area contributed by atoms with Crippen LogP contribution >= 0.6 is 0 Å². The number of anilines is 1. The van der Waals surface area contributed by atoms with E-state index in [0.717, 1.165) is 29.0 Å². The fourth-order valence-corrected chi connectivity index (χ4v) is 2.55. The molecule has 0 atom stereocenters. The van der Waals surface area contributed by atoms with E-state index < -0.39 is 0 Å². The maximum Gasteiger partial charge on any atom is 0.257 e. The van der Waals surface area contributed by atoms with Gasteiger partial charge in [-0.05, 0) is 31.2 Å². The number of rotatable bonds is 5. The lowest BCUT2D eigenvalue weighted by molar-refractivity contribution is 0.951. The molecule has 2 heterocycles. The predicted octanol–water partition coefficient (Wildman–Crippen LogP) is 3.36. The smallest absolute Gasteiger partial charge is 0.257 e. The van der Waals surface area contributed by atoms with Crippen LogP contribution in [-0.2, 0) is 0 Å². The Morgan fingerprint density at radius 1 is 1.32 bits per heavy atom. The van der Waals surface area contributed by atoms with Gasteiger partial charge in [0.15, 0.2) is 0 Å². The number of allylic oxidation sites excluding steroid dienone is 3. The highest BCUT2D eigenvalue weighted by molar-refractivity contribution is 5.92. The third-order valence-electron chi connectivity index (χ3n) is 3.52. The summed E-state index contributed by atoms with van der Waals surface area (Å²) in [4.78, 5) is 6.77. The number of aromatic nitrogens is 4. The molecule has 5 heteroatoms. The minimum absolute atomic E-state index is 0.578. The Morgan fingerprint density at radius 2 is 2.14 bits per heavy atom. The van der Waals surface area contributed by atoms with E-state index in [-0.39, 0.29) is 0 Å². The SMILES string of the molecule is C=C/C=C(\C=C)N(CC)c1nc2nncn2c2ccccc12. The Labute approximate surface area is 128 Å². The molecular weight excluding hydrogens is 274 g/mol. The fourth-order valence-electron chi connectivity index (χ4n) is 2.55. The highest BCUT2D eigenvalue weighted by Gasteiger charge is 2.15. The second-order valence-corrected chi connectivity index (χ2v) is 4.73. The zero-order chi connectivity index (χ0) is 15.5. The molecule has 22 heavy (non-hydrogen) atoms. The molecule has 0 fully saturated rings. The van der Waals surface area contributed by atoms with E-state index in [1.54, 1.807) is 18.5 Å². The average Bonchev–Trinajstić information content (AvgIpc) is 3.03. The van der Waals surface area contributed by atoms with Crippen LogP contribution in [0.1, 0.15) is 6.92 Å². The van der Waals surface area contributed by atoms with Gasteiger partial charge in [-0.3, -0.25) is 4.40 Å². The summed E-state index contributed by atoms with van der Waals surface area (Å²) < 4.78 is 1.89. The molecule has 3 aromatic rings. The summed E-state index contributed by atoms with van der Waals surface area (Å²) in [5, 5.41) is 9.08. The van der Waals surface area contributed by atoms with Crippen molar-refractivity contribution >= 4 is 22.5 Å². The average molecular weight is 291 g/mol. The van der Waals surface area contributed by atoms with Crippen molar-refractivity contribution in [2.24, 2.45) is 0 Å². The third-order valence-corrected chi connectivity index (χ3v) is 3.52. The van der Waals surface area contributed by atoms with Crippen molar-refractivity contribution in [1.29, 1.82) is 0 Å². The van der Waals surface area contributed by atoms with Crippen molar-refractivity contribution < 1.29 is 0 Å². The number of likely N-dealkylation sites (N-methyl/N-ethyl adjacent to an activating group) is 1. The summed E-state index contributed by atoms with van der Waals surface area (Å²) in [6.07, 6.45) is 7.15. The summed E-state index contributed by atoms with van der Waals surface area (Å²) in [7, 11) is 0. The normalized spacial score (nSPS) is 11.8. The number of benzene rings is 1. The first-order valence-electron chi connectivity index (χ1n) is 7.11. The van der Waals surface area contributed by atoms with Crippen LogP contribution in [0, 0.1) is 0 Å². The van der Waals surface area contributed by atoms with Gasteiger partial charge in [-0.2, -0.15) is 4.98 Å². The Kier molecular flexibility index (Phi) is 3.70. The first kappa shape index (κ1) is 14.0. The monoisotopic (exact) mass is 291 g/mol. The van der Waals surface area contributed by atoms with E-state index in [0.29, 0.717) is 5.78 Å². The van der Waals surface area contributed by atoms with Gasteiger partial charge in [0.25, 0.3) is 5.78 Å². The summed E-state index contributed by atoms with van der Waals surface area (Å²) in [6.45, 7) is 10.5. The first-order chi connectivity index (χ1) is 10.8. The van der Waals surface area contributed by atoms with Crippen molar-refractivity contribution in [3.8, 4) is 0 Å². The molecule has 3 rings (SSSR count). The lowest BCUT2D eigenvalue weighted by atomic mass is 10.2. The maximum absolute atomic E-state index is 4.68. The molecule has 0 N–H and O–H groups in total. The zero-order valence-electron chi connectivity index (χ0n) is 12.5. The number of hydrogen-bond donors (Lipinski definition) is 0. The molecule has 0 unspecified atom stereocenters. The van der Waals surface area contributed by atoms with Crippen LogP contribution in [0.3, 0.4) is 0 Å². The standard InChI is InChI=1S/C17H17N5/c1-4-9-13(5-2)21(6-3)16-14-10-7-8-11-15(14)22-12-18-20-17(22)19-16/h4-5,7-12H,1-2,6H2,3H3/b13-9+. The lowest BCUT2D eigenvalue weighted by Crippen LogP contribution is -2.22. The van der Waals surface area contributed by atoms with E-state index >= 15 is 0 Å². The number of nitrogens with zero attached hydrogens (tertiary/aromatic N) is 5. The first-order valence-corrected chi connectivity index (χ1v) is 7.11. The van der Waals surface area contributed by atoms with Gasteiger partial charge in [0, 0.05) is 17.6 Å². The highest BCUT2D eigenvalue weighted by Crippen LogP contribution is 2.28. The molecule has 0 saturated heterocycles. The number of fused-ring (bicyclic) bond motifs is 3. The Hall–Kier alpha value is -2.95. The van der Waals surface area contributed by atoms with Gasteiger partial charge in [0.05, 0.1) is 5.52 Å². The van der Waals surface area contributed by atoms with Gasteiger partial charge >= 0.3 is 0 Å². The molecule has 0 saturated carbocycles. The van der Waals surface area contributed by atoms with E-state index in [1.807, 2.05) is 34.7 Å². The molecule has 1 aromatic carbocycles.